The van der Waals surface area contributed by atoms with Crippen LogP contribution in [-0.2, 0) is 0 Å². The summed E-state index contributed by atoms with van der Waals surface area (Å²) >= 11 is 6.54. The van der Waals surface area contributed by atoms with Gasteiger partial charge >= 0.3 is 0 Å². The van der Waals surface area contributed by atoms with Gasteiger partial charge in [0.15, 0.2) is 5.78 Å². The van der Waals surface area contributed by atoms with Crippen LogP contribution in [0.5, 0.6) is 0 Å². The van der Waals surface area contributed by atoms with Crippen LogP contribution in [0.2, 0.25) is 5.15 Å². The summed E-state index contributed by atoms with van der Waals surface area (Å²) in [6, 6.07) is 16.7. The molecule has 6 nitrogen and oxygen atoms in total. The Labute approximate surface area is 218 Å². The van der Waals surface area contributed by atoms with Gasteiger partial charge < -0.3 is 9.73 Å². The maximum Gasteiger partial charge on any atom is 0.255 e. The fraction of sp³-hybridized carbons (Fsp3) is 0.241. The zero-order valence-electron chi connectivity index (χ0n) is 20.1. The summed E-state index contributed by atoms with van der Waals surface area (Å²) in [6.07, 6.45) is 3.57. The average molecular weight is 516 g/mol. The Morgan fingerprint density at radius 3 is 2.54 bits per heavy atom. The summed E-state index contributed by atoms with van der Waals surface area (Å²) in [4.78, 5) is 30.4. The molecule has 0 atom stereocenters. The fourth-order valence-electron chi connectivity index (χ4n) is 5.01. The Hall–Kier alpha value is -4.02. The fourth-order valence-corrected chi connectivity index (χ4v) is 5.25. The first kappa shape index (κ1) is 24.7. The van der Waals surface area contributed by atoms with Crippen LogP contribution >= 0.6 is 11.6 Å². The van der Waals surface area contributed by atoms with E-state index in [-0.39, 0.29) is 34.4 Å². The number of amides is 1. The maximum atomic E-state index is 13.5. The molecule has 0 aliphatic heterocycles. The molecule has 1 aliphatic rings. The number of aromatic nitrogens is 1. The molecule has 1 saturated carbocycles. The third-order valence-corrected chi connectivity index (χ3v) is 7.28. The molecule has 1 N–H and O–H groups in total. The number of carbonyl (C=O) groups is 2. The summed E-state index contributed by atoms with van der Waals surface area (Å²) in [5, 5.41) is 12.9. The molecular weight excluding hydrogens is 493 g/mol. The molecule has 4 aromatic rings. The highest BCUT2D eigenvalue weighted by Crippen LogP contribution is 2.42. The van der Waals surface area contributed by atoms with Gasteiger partial charge in [-0.25, -0.2) is 9.37 Å². The lowest BCUT2D eigenvalue weighted by molar-refractivity contribution is 0.0939. The lowest BCUT2D eigenvalue weighted by Gasteiger charge is -2.19. The van der Waals surface area contributed by atoms with E-state index in [1.807, 2.05) is 6.07 Å². The standard InChI is InChI=1S/C29H23ClFN3O3/c1-33-27(36)24-22-14-21(26(30)34-28(22)37-25(24)17-7-9-20(31)10-8-17)18-5-4-6-19(13-18)23(35)15-29(16-32)11-2-3-12-29/h4-10,13-14H,2-3,11-12,15H2,1H3,(H,33,36). The van der Waals surface area contributed by atoms with Crippen molar-refractivity contribution in [2.45, 2.75) is 32.1 Å². The largest absolute Gasteiger partial charge is 0.437 e. The quantitative estimate of drug-likeness (QED) is 0.221. The smallest absolute Gasteiger partial charge is 0.255 e. The molecule has 2 aromatic heterocycles. The van der Waals surface area contributed by atoms with Crippen LogP contribution in [0.4, 0.5) is 4.39 Å². The molecule has 1 amide bonds. The van der Waals surface area contributed by atoms with Crippen LogP contribution in [0.25, 0.3) is 33.6 Å². The van der Waals surface area contributed by atoms with E-state index in [2.05, 4.69) is 16.4 Å². The molecule has 0 unspecified atom stereocenters. The number of carbonyl (C=O) groups excluding carboxylic acids is 2. The molecule has 186 valence electrons. The first-order valence-electron chi connectivity index (χ1n) is 12.0. The lowest BCUT2D eigenvalue weighted by Crippen LogP contribution is -2.19. The van der Waals surface area contributed by atoms with Crippen molar-refractivity contribution in [1.29, 1.82) is 5.26 Å². The van der Waals surface area contributed by atoms with Crippen LogP contribution in [0.15, 0.2) is 59.0 Å². The number of nitriles is 1. The highest BCUT2D eigenvalue weighted by Gasteiger charge is 2.36. The summed E-state index contributed by atoms with van der Waals surface area (Å²) in [5.41, 5.74) is 1.99. The third-order valence-electron chi connectivity index (χ3n) is 6.99. The van der Waals surface area contributed by atoms with Crippen molar-refractivity contribution < 1.29 is 18.4 Å². The van der Waals surface area contributed by atoms with Gasteiger partial charge in [-0.2, -0.15) is 5.26 Å². The van der Waals surface area contributed by atoms with E-state index in [0.717, 1.165) is 25.7 Å². The summed E-state index contributed by atoms with van der Waals surface area (Å²) < 4.78 is 19.4. The molecule has 2 heterocycles. The number of rotatable bonds is 6. The first-order chi connectivity index (χ1) is 17.8. The molecule has 1 aliphatic carbocycles. The maximum absolute atomic E-state index is 13.5. The van der Waals surface area contributed by atoms with Crippen LogP contribution in [-0.4, -0.2) is 23.7 Å². The number of ketones is 1. The molecule has 0 bridgehead atoms. The van der Waals surface area contributed by atoms with Crippen molar-refractivity contribution in [3.05, 3.63) is 76.7 Å². The van der Waals surface area contributed by atoms with E-state index in [1.54, 1.807) is 24.3 Å². The van der Waals surface area contributed by atoms with Crippen molar-refractivity contribution >= 4 is 34.4 Å². The van der Waals surface area contributed by atoms with E-state index in [4.69, 9.17) is 16.0 Å². The van der Waals surface area contributed by atoms with Gasteiger partial charge in [-0.3, -0.25) is 9.59 Å². The second kappa shape index (κ2) is 9.79. The van der Waals surface area contributed by atoms with Gasteiger partial charge in [0.2, 0.25) is 5.71 Å². The second-order valence-corrected chi connectivity index (χ2v) is 9.71. The molecule has 0 radical (unpaired) electrons. The molecule has 5 rings (SSSR count). The van der Waals surface area contributed by atoms with Crippen LogP contribution in [0.1, 0.15) is 52.8 Å². The van der Waals surface area contributed by atoms with Gasteiger partial charge in [0.25, 0.3) is 5.91 Å². The van der Waals surface area contributed by atoms with Crippen molar-refractivity contribution in [1.82, 2.24) is 10.3 Å². The van der Waals surface area contributed by atoms with E-state index in [9.17, 15) is 19.2 Å². The van der Waals surface area contributed by atoms with Crippen molar-refractivity contribution in [2.24, 2.45) is 5.41 Å². The number of fused-ring (bicyclic) bond motifs is 1. The molecule has 8 heteroatoms. The predicted molar refractivity (Wildman–Crippen MR) is 139 cm³/mol. The SMILES string of the molecule is CNC(=O)c1c(-c2ccc(F)cc2)oc2nc(Cl)c(-c3cccc(C(=O)CC4(C#N)CCCC4)c3)cc12. The zero-order chi connectivity index (χ0) is 26.2. The number of Topliss-reactive ketones (excluding diaryl/α,β-unsaturated/α-hetero) is 1. The number of hydrogen-bond acceptors (Lipinski definition) is 5. The van der Waals surface area contributed by atoms with Crippen molar-refractivity contribution in [3.63, 3.8) is 0 Å². The predicted octanol–water partition coefficient (Wildman–Crippen LogP) is 6.97. The first-order valence-corrected chi connectivity index (χ1v) is 12.4. The van der Waals surface area contributed by atoms with Gasteiger partial charge in [0.05, 0.1) is 22.4 Å². The highest BCUT2D eigenvalue weighted by atomic mass is 35.5. The molecule has 0 spiro atoms. The molecule has 0 saturated heterocycles. The Morgan fingerprint density at radius 1 is 1.14 bits per heavy atom. The van der Waals surface area contributed by atoms with Gasteiger partial charge in [0, 0.05) is 30.2 Å². The number of benzene rings is 2. The van der Waals surface area contributed by atoms with Gasteiger partial charge in [-0.1, -0.05) is 42.6 Å². The van der Waals surface area contributed by atoms with E-state index in [0.29, 0.717) is 27.6 Å². The Kier molecular flexibility index (Phi) is 6.53. The zero-order valence-corrected chi connectivity index (χ0v) is 20.9. The van der Waals surface area contributed by atoms with Crippen LogP contribution in [0, 0.1) is 22.6 Å². The number of halogens is 2. The van der Waals surface area contributed by atoms with Crippen LogP contribution < -0.4 is 5.32 Å². The average Bonchev–Trinajstić information content (AvgIpc) is 3.53. The molecule has 1 fully saturated rings. The molecular formula is C29H23ClFN3O3. The number of hydrogen-bond donors (Lipinski definition) is 1. The Balaban J connectivity index is 1.58. The molecule has 2 aromatic carbocycles. The highest BCUT2D eigenvalue weighted by molar-refractivity contribution is 6.32. The topological polar surface area (TPSA) is 96.0 Å². The monoisotopic (exact) mass is 515 g/mol. The number of nitrogens with zero attached hydrogens (tertiary/aromatic N) is 2. The normalized spacial score (nSPS) is 14.4. The number of furan rings is 1. The van der Waals surface area contributed by atoms with E-state index >= 15 is 0 Å². The van der Waals surface area contributed by atoms with Gasteiger partial charge in [-0.05, 0) is 54.8 Å². The Bertz CT molecular complexity index is 1560. The van der Waals surface area contributed by atoms with Gasteiger partial charge in [0.1, 0.15) is 16.7 Å². The minimum absolute atomic E-state index is 0.0941. The minimum Gasteiger partial charge on any atom is -0.437 e. The summed E-state index contributed by atoms with van der Waals surface area (Å²) in [5.74, 6) is -0.649. The number of pyridine rings is 1. The van der Waals surface area contributed by atoms with E-state index < -0.39 is 17.1 Å². The third kappa shape index (κ3) is 4.61. The Morgan fingerprint density at radius 2 is 1.86 bits per heavy atom. The molecule has 37 heavy (non-hydrogen) atoms. The van der Waals surface area contributed by atoms with Gasteiger partial charge in [-0.15, -0.1) is 0 Å². The van der Waals surface area contributed by atoms with E-state index in [1.165, 1.54) is 31.3 Å². The number of nitrogens with one attached hydrogen (secondary N) is 1. The van der Waals surface area contributed by atoms with Crippen LogP contribution in [0.3, 0.4) is 0 Å². The second-order valence-electron chi connectivity index (χ2n) is 9.35. The van der Waals surface area contributed by atoms with Crippen molar-refractivity contribution in [3.8, 4) is 28.5 Å². The minimum atomic E-state index is -0.596. The lowest BCUT2D eigenvalue weighted by atomic mass is 9.81. The summed E-state index contributed by atoms with van der Waals surface area (Å²) in [6.45, 7) is 0. The summed E-state index contributed by atoms with van der Waals surface area (Å²) in [7, 11) is 1.51. The van der Waals surface area contributed by atoms with Crippen molar-refractivity contribution in [2.75, 3.05) is 7.05 Å².